The minimum atomic E-state index is 0.198. The molecule has 1 amide bonds. The highest BCUT2D eigenvalue weighted by Gasteiger charge is 2.19. The van der Waals surface area contributed by atoms with Gasteiger partial charge in [-0.15, -0.1) is 11.8 Å². The first-order valence-corrected chi connectivity index (χ1v) is 6.49. The number of amides is 1. The molecule has 86 valence electrons. The lowest BCUT2D eigenvalue weighted by atomic mass is 10.2. The molecule has 16 heavy (non-hydrogen) atoms. The van der Waals surface area contributed by atoms with Gasteiger partial charge in [-0.1, -0.05) is 11.6 Å². The number of halogens is 1. The van der Waals surface area contributed by atoms with Crippen molar-refractivity contribution in [1.82, 2.24) is 4.90 Å². The van der Waals surface area contributed by atoms with Crippen LogP contribution >= 0.6 is 23.4 Å². The molecule has 0 bridgehead atoms. The first-order valence-electron chi connectivity index (χ1n) is 5.12. The average Bonchev–Trinajstić information content (AvgIpc) is 2.17. The van der Waals surface area contributed by atoms with Crippen LogP contribution in [0.4, 0.5) is 5.69 Å². The van der Waals surface area contributed by atoms with Gasteiger partial charge in [-0.3, -0.25) is 4.79 Å². The van der Waals surface area contributed by atoms with Gasteiger partial charge in [-0.2, -0.15) is 0 Å². The van der Waals surface area contributed by atoms with Crippen molar-refractivity contribution >= 4 is 35.0 Å². The predicted octanol–water partition coefficient (Wildman–Crippen LogP) is 2.25. The van der Waals surface area contributed by atoms with Crippen LogP contribution in [0, 0.1) is 0 Å². The van der Waals surface area contributed by atoms with Crippen molar-refractivity contribution < 1.29 is 4.79 Å². The summed E-state index contributed by atoms with van der Waals surface area (Å²) in [5.41, 5.74) is 6.18. The van der Waals surface area contributed by atoms with Crippen LogP contribution in [0.5, 0.6) is 0 Å². The number of nitrogens with zero attached hydrogens (tertiary/aromatic N) is 1. The third kappa shape index (κ3) is 2.62. The van der Waals surface area contributed by atoms with Crippen molar-refractivity contribution in [3.05, 3.63) is 23.2 Å². The smallest absolute Gasteiger partial charge is 0.232 e. The van der Waals surface area contributed by atoms with Gasteiger partial charge >= 0.3 is 0 Å². The lowest BCUT2D eigenvalue weighted by Crippen LogP contribution is -2.42. The van der Waals surface area contributed by atoms with E-state index >= 15 is 0 Å². The van der Waals surface area contributed by atoms with Gasteiger partial charge in [0, 0.05) is 18.0 Å². The van der Waals surface area contributed by atoms with Crippen LogP contribution in [-0.2, 0) is 4.79 Å². The summed E-state index contributed by atoms with van der Waals surface area (Å²) in [5, 5.41) is 0.543. The van der Waals surface area contributed by atoms with Crippen molar-refractivity contribution in [2.24, 2.45) is 0 Å². The minimum Gasteiger partial charge on any atom is -0.398 e. The lowest BCUT2D eigenvalue weighted by Gasteiger charge is -2.30. The van der Waals surface area contributed by atoms with Crippen LogP contribution in [0.15, 0.2) is 23.1 Å². The Kier molecular flexibility index (Phi) is 3.61. The summed E-state index contributed by atoms with van der Waals surface area (Å²) in [5.74, 6) is 0.671. The van der Waals surface area contributed by atoms with Crippen molar-refractivity contribution in [2.75, 3.05) is 24.6 Å². The fourth-order valence-corrected chi connectivity index (χ4v) is 2.48. The number of likely N-dealkylation sites (tertiary alicyclic amines) is 1. The highest BCUT2D eigenvalue weighted by molar-refractivity contribution is 8.00. The first kappa shape index (κ1) is 11.6. The molecular formula is C11H13ClN2OS. The quantitative estimate of drug-likeness (QED) is 0.667. The molecule has 0 aromatic heterocycles. The van der Waals surface area contributed by atoms with E-state index < -0.39 is 0 Å². The molecule has 1 fully saturated rings. The van der Waals surface area contributed by atoms with Crippen LogP contribution in [0.25, 0.3) is 0 Å². The van der Waals surface area contributed by atoms with E-state index in [2.05, 4.69) is 0 Å². The SMILES string of the molecule is Nc1ccc(SCC(=O)N2CCC2)cc1Cl. The van der Waals surface area contributed by atoms with Gasteiger partial charge in [0.1, 0.15) is 0 Å². The van der Waals surface area contributed by atoms with E-state index in [1.54, 1.807) is 12.1 Å². The molecule has 5 heteroatoms. The largest absolute Gasteiger partial charge is 0.398 e. The normalized spacial score (nSPS) is 14.7. The fraction of sp³-hybridized carbons (Fsp3) is 0.364. The molecule has 1 aliphatic heterocycles. The van der Waals surface area contributed by atoms with Crippen molar-refractivity contribution in [3.63, 3.8) is 0 Å². The van der Waals surface area contributed by atoms with Crippen molar-refractivity contribution in [2.45, 2.75) is 11.3 Å². The molecule has 0 aliphatic carbocycles. The molecule has 0 saturated carbocycles. The Hall–Kier alpha value is -0.870. The van der Waals surface area contributed by atoms with Gasteiger partial charge in [-0.05, 0) is 24.6 Å². The molecule has 0 radical (unpaired) electrons. The third-order valence-corrected chi connectivity index (χ3v) is 3.85. The Morgan fingerprint density at radius 2 is 2.25 bits per heavy atom. The number of thioether (sulfide) groups is 1. The van der Waals surface area contributed by atoms with Gasteiger partial charge < -0.3 is 10.6 Å². The fourth-order valence-electron chi connectivity index (χ4n) is 1.40. The number of nitrogens with two attached hydrogens (primary N) is 1. The number of carbonyl (C=O) groups is 1. The molecule has 0 spiro atoms. The van der Waals surface area contributed by atoms with E-state index in [-0.39, 0.29) is 5.91 Å². The van der Waals surface area contributed by atoms with Crippen LogP contribution in [0.2, 0.25) is 5.02 Å². The van der Waals surface area contributed by atoms with E-state index in [1.165, 1.54) is 11.8 Å². The molecule has 2 rings (SSSR count). The van der Waals surface area contributed by atoms with Crippen LogP contribution in [0.3, 0.4) is 0 Å². The number of carbonyl (C=O) groups excluding carboxylic acids is 1. The van der Waals surface area contributed by atoms with E-state index in [0.717, 1.165) is 24.4 Å². The summed E-state index contributed by atoms with van der Waals surface area (Å²) >= 11 is 7.39. The van der Waals surface area contributed by atoms with Crippen molar-refractivity contribution in [1.29, 1.82) is 0 Å². The second-order valence-electron chi connectivity index (χ2n) is 3.71. The molecule has 1 heterocycles. The second-order valence-corrected chi connectivity index (χ2v) is 5.16. The molecule has 1 aromatic rings. The maximum atomic E-state index is 11.6. The van der Waals surface area contributed by atoms with Gasteiger partial charge in [0.25, 0.3) is 0 Å². The summed E-state index contributed by atoms with van der Waals surface area (Å²) in [6.07, 6.45) is 1.13. The van der Waals surface area contributed by atoms with Crippen LogP contribution < -0.4 is 5.73 Å². The zero-order chi connectivity index (χ0) is 11.5. The van der Waals surface area contributed by atoms with E-state index in [0.29, 0.717) is 16.5 Å². The van der Waals surface area contributed by atoms with E-state index in [9.17, 15) is 4.79 Å². The minimum absolute atomic E-state index is 0.198. The zero-order valence-electron chi connectivity index (χ0n) is 8.78. The molecule has 0 atom stereocenters. The maximum absolute atomic E-state index is 11.6. The summed E-state index contributed by atoms with van der Waals surface area (Å²) < 4.78 is 0. The van der Waals surface area contributed by atoms with Gasteiger partial charge in [0.05, 0.1) is 16.5 Å². The number of benzene rings is 1. The summed E-state index contributed by atoms with van der Waals surface area (Å²) in [6.45, 7) is 1.81. The molecule has 1 saturated heterocycles. The number of hydrogen-bond acceptors (Lipinski definition) is 3. The standard InChI is InChI=1S/C11H13ClN2OS/c12-9-6-8(2-3-10(9)13)16-7-11(15)14-4-1-5-14/h2-3,6H,1,4-5,7,13H2. The Labute approximate surface area is 104 Å². The Bertz CT molecular complexity index is 407. The van der Waals surface area contributed by atoms with Crippen molar-refractivity contribution in [3.8, 4) is 0 Å². The Morgan fingerprint density at radius 3 is 2.81 bits per heavy atom. The molecule has 1 aromatic carbocycles. The third-order valence-electron chi connectivity index (χ3n) is 2.54. The van der Waals surface area contributed by atoms with Gasteiger partial charge in [-0.25, -0.2) is 0 Å². The highest BCUT2D eigenvalue weighted by Crippen LogP contribution is 2.26. The first-order chi connectivity index (χ1) is 7.66. The topological polar surface area (TPSA) is 46.3 Å². The predicted molar refractivity (Wildman–Crippen MR) is 67.8 cm³/mol. The summed E-state index contributed by atoms with van der Waals surface area (Å²) in [6, 6.07) is 5.44. The molecular weight excluding hydrogens is 244 g/mol. The van der Waals surface area contributed by atoms with Gasteiger partial charge in [0.15, 0.2) is 0 Å². The highest BCUT2D eigenvalue weighted by atomic mass is 35.5. The van der Waals surface area contributed by atoms with Crippen LogP contribution in [0.1, 0.15) is 6.42 Å². The van der Waals surface area contributed by atoms with Crippen LogP contribution in [-0.4, -0.2) is 29.6 Å². The average molecular weight is 257 g/mol. The number of rotatable bonds is 3. The molecule has 1 aliphatic rings. The number of anilines is 1. The van der Waals surface area contributed by atoms with E-state index in [4.69, 9.17) is 17.3 Å². The van der Waals surface area contributed by atoms with E-state index in [1.807, 2.05) is 11.0 Å². The second kappa shape index (κ2) is 4.97. The molecule has 3 nitrogen and oxygen atoms in total. The molecule has 2 N–H and O–H groups in total. The lowest BCUT2D eigenvalue weighted by molar-refractivity contribution is -0.131. The Balaban J connectivity index is 1.89. The summed E-state index contributed by atoms with van der Waals surface area (Å²) in [7, 11) is 0. The summed E-state index contributed by atoms with van der Waals surface area (Å²) in [4.78, 5) is 14.4. The Morgan fingerprint density at radius 1 is 1.50 bits per heavy atom. The number of nitrogen functional groups attached to an aromatic ring is 1. The zero-order valence-corrected chi connectivity index (χ0v) is 10.4. The van der Waals surface area contributed by atoms with Gasteiger partial charge in [0.2, 0.25) is 5.91 Å². The molecule has 0 unspecified atom stereocenters. The maximum Gasteiger partial charge on any atom is 0.232 e. The monoisotopic (exact) mass is 256 g/mol. The number of hydrogen-bond donors (Lipinski definition) is 1.